The Morgan fingerprint density at radius 3 is 2.40 bits per heavy atom. The van der Waals surface area contributed by atoms with Crippen molar-refractivity contribution in [1.29, 1.82) is 0 Å². The third kappa shape index (κ3) is 3.97. The van der Waals surface area contributed by atoms with E-state index in [0.29, 0.717) is 24.7 Å². The van der Waals surface area contributed by atoms with E-state index in [1.54, 1.807) is 24.0 Å². The van der Waals surface area contributed by atoms with E-state index in [4.69, 9.17) is 11.6 Å². The molecule has 0 atom stereocenters. The number of benzene rings is 1. The molecular weight excluding hydrogens is 276 g/mol. The molecule has 108 valence electrons. The number of ketones is 1. The molecule has 1 aliphatic rings. The normalized spacial score (nSPS) is 16.0. The van der Waals surface area contributed by atoms with Gasteiger partial charge in [0.2, 0.25) is 0 Å². The van der Waals surface area contributed by atoms with E-state index in [9.17, 15) is 9.59 Å². The van der Waals surface area contributed by atoms with Crippen LogP contribution in [0.2, 0.25) is 5.02 Å². The number of likely N-dealkylation sites (tertiary alicyclic amines) is 1. The van der Waals surface area contributed by atoms with Gasteiger partial charge in [0.1, 0.15) is 5.78 Å². The van der Waals surface area contributed by atoms with Crippen molar-refractivity contribution in [1.82, 2.24) is 10.2 Å². The molecule has 0 bridgehead atoms. The zero-order chi connectivity index (χ0) is 14.5. The molecule has 4 nitrogen and oxygen atoms in total. The van der Waals surface area contributed by atoms with Crippen molar-refractivity contribution in [2.45, 2.75) is 26.3 Å². The maximum Gasteiger partial charge on any atom is 0.317 e. The highest BCUT2D eigenvalue weighted by atomic mass is 35.5. The lowest BCUT2D eigenvalue weighted by atomic mass is 9.93. The fourth-order valence-corrected chi connectivity index (χ4v) is 2.51. The van der Waals surface area contributed by atoms with Crippen LogP contribution in [0.5, 0.6) is 0 Å². The second-order valence-electron chi connectivity index (χ2n) is 5.16. The number of nitrogens with one attached hydrogen (secondary N) is 1. The minimum atomic E-state index is -0.0676. The fraction of sp³-hybridized carbons (Fsp3) is 0.467. The molecule has 1 fully saturated rings. The first-order chi connectivity index (χ1) is 9.56. The Balaban J connectivity index is 1.78. The van der Waals surface area contributed by atoms with Crippen LogP contribution < -0.4 is 5.32 Å². The highest BCUT2D eigenvalue weighted by Gasteiger charge is 2.24. The summed E-state index contributed by atoms with van der Waals surface area (Å²) >= 11 is 5.81. The Labute approximate surface area is 124 Å². The van der Waals surface area contributed by atoms with Gasteiger partial charge >= 0.3 is 6.03 Å². The number of carbonyl (C=O) groups is 2. The van der Waals surface area contributed by atoms with Crippen LogP contribution in [0.1, 0.15) is 25.3 Å². The molecule has 1 heterocycles. The van der Waals surface area contributed by atoms with E-state index in [1.165, 1.54) is 0 Å². The Kier molecular flexibility index (Phi) is 5.01. The quantitative estimate of drug-likeness (QED) is 0.932. The molecular formula is C15H19ClN2O2. The second kappa shape index (κ2) is 6.75. The van der Waals surface area contributed by atoms with Gasteiger partial charge in [-0.3, -0.25) is 4.79 Å². The topological polar surface area (TPSA) is 49.4 Å². The summed E-state index contributed by atoms with van der Waals surface area (Å²) in [5.41, 5.74) is 1.02. The average molecular weight is 295 g/mol. The van der Waals surface area contributed by atoms with E-state index in [0.717, 1.165) is 18.4 Å². The van der Waals surface area contributed by atoms with Gasteiger partial charge in [0, 0.05) is 30.6 Å². The summed E-state index contributed by atoms with van der Waals surface area (Å²) in [6, 6.07) is 7.33. The van der Waals surface area contributed by atoms with Crippen molar-refractivity contribution in [3.8, 4) is 0 Å². The fourth-order valence-electron chi connectivity index (χ4n) is 2.38. The summed E-state index contributed by atoms with van der Waals surface area (Å²) in [5, 5.41) is 3.58. The van der Waals surface area contributed by atoms with Crippen molar-refractivity contribution >= 4 is 23.4 Å². The number of rotatable bonds is 3. The van der Waals surface area contributed by atoms with Gasteiger partial charge in [0.05, 0.1) is 0 Å². The summed E-state index contributed by atoms with van der Waals surface area (Å²) in [6.07, 6.45) is 1.54. The first kappa shape index (κ1) is 14.9. The van der Waals surface area contributed by atoms with Crippen LogP contribution in [0.4, 0.5) is 4.79 Å². The second-order valence-corrected chi connectivity index (χ2v) is 5.59. The van der Waals surface area contributed by atoms with Crippen LogP contribution in [0.15, 0.2) is 24.3 Å². The van der Waals surface area contributed by atoms with Gasteiger partial charge in [0.25, 0.3) is 0 Å². The molecule has 1 N–H and O–H groups in total. The molecule has 1 aromatic carbocycles. The third-order valence-electron chi connectivity index (χ3n) is 3.71. The maximum atomic E-state index is 12.0. The summed E-state index contributed by atoms with van der Waals surface area (Å²) in [5.74, 6) is 0.349. The number of Topliss-reactive ketones (excluding diaryl/α,β-unsaturated/α-hetero) is 1. The number of carbonyl (C=O) groups excluding carboxylic acids is 2. The van der Waals surface area contributed by atoms with E-state index in [-0.39, 0.29) is 17.7 Å². The number of hydrogen-bond acceptors (Lipinski definition) is 2. The molecule has 0 unspecified atom stereocenters. The van der Waals surface area contributed by atoms with Gasteiger partial charge in [-0.25, -0.2) is 4.79 Å². The largest absolute Gasteiger partial charge is 0.334 e. The molecule has 2 rings (SSSR count). The van der Waals surface area contributed by atoms with Crippen molar-refractivity contribution in [2.24, 2.45) is 5.92 Å². The first-order valence-corrected chi connectivity index (χ1v) is 7.21. The number of piperidine rings is 1. The average Bonchev–Trinajstić information content (AvgIpc) is 2.46. The minimum Gasteiger partial charge on any atom is -0.334 e. The van der Waals surface area contributed by atoms with Gasteiger partial charge in [-0.1, -0.05) is 23.7 Å². The van der Waals surface area contributed by atoms with E-state index >= 15 is 0 Å². The minimum absolute atomic E-state index is 0.0676. The number of urea groups is 1. The van der Waals surface area contributed by atoms with Crippen LogP contribution in [0.3, 0.4) is 0 Å². The molecule has 0 spiro atoms. The van der Waals surface area contributed by atoms with E-state index in [1.807, 2.05) is 12.1 Å². The molecule has 0 aromatic heterocycles. The zero-order valence-electron chi connectivity index (χ0n) is 11.6. The van der Waals surface area contributed by atoms with Gasteiger partial charge < -0.3 is 10.2 Å². The molecule has 1 aliphatic heterocycles. The van der Waals surface area contributed by atoms with E-state index in [2.05, 4.69) is 5.32 Å². The summed E-state index contributed by atoms with van der Waals surface area (Å²) in [6.45, 7) is 3.41. The number of hydrogen-bond donors (Lipinski definition) is 1. The SMILES string of the molecule is CC(=O)C1CCN(C(=O)NCc2ccc(Cl)cc2)CC1. The van der Waals surface area contributed by atoms with Crippen molar-refractivity contribution < 1.29 is 9.59 Å². The van der Waals surface area contributed by atoms with E-state index < -0.39 is 0 Å². The van der Waals surface area contributed by atoms with Crippen LogP contribution in [0.25, 0.3) is 0 Å². The lowest BCUT2D eigenvalue weighted by Gasteiger charge is -2.30. The van der Waals surface area contributed by atoms with Crippen molar-refractivity contribution in [3.05, 3.63) is 34.9 Å². The van der Waals surface area contributed by atoms with Crippen LogP contribution in [-0.2, 0) is 11.3 Å². The standard InChI is InChI=1S/C15H19ClN2O2/c1-11(19)13-6-8-18(9-7-13)15(20)17-10-12-2-4-14(16)5-3-12/h2-5,13H,6-10H2,1H3,(H,17,20). The number of halogens is 1. The zero-order valence-corrected chi connectivity index (χ0v) is 12.3. The van der Waals surface area contributed by atoms with Gasteiger partial charge in [-0.15, -0.1) is 0 Å². The first-order valence-electron chi connectivity index (χ1n) is 6.84. The van der Waals surface area contributed by atoms with Gasteiger partial charge in [-0.05, 0) is 37.5 Å². The summed E-state index contributed by atoms with van der Waals surface area (Å²) < 4.78 is 0. The smallest absolute Gasteiger partial charge is 0.317 e. The Morgan fingerprint density at radius 2 is 1.85 bits per heavy atom. The summed E-state index contributed by atoms with van der Waals surface area (Å²) in [7, 11) is 0. The molecule has 20 heavy (non-hydrogen) atoms. The van der Waals surface area contributed by atoms with Crippen LogP contribution in [0, 0.1) is 5.92 Å². The van der Waals surface area contributed by atoms with Crippen LogP contribution >= 0.6 is 11.6 Å². The highest BCUT2D eigenvalue weighted by Crippen LogP contribution is 2.18. The van der Waals surface area contributed by atoms with Crippen molar-refractivity contribution in [3.63, 3.8) is 0 Å². The number of nitrogens with zero attached hydrogens (tertiary/aromatic N) is 1. The predicted octanol–water partition coefficient (Wildman–Crippen LogP) is 2.85. The van der Waals surface area contributed by atoms with Gasteiger partial charge in [0.15, 0.2) is 0 Å². The lowest BCUT2D eigenvalue weighted by molar-refractivity contribution is -0.121. The van der Waals surface area contributed by atoms with Gasteiger partial charge in [-0.2, -0.15) is 0 Å². The Hall–Kier alpha value is -1.55. The molecule has 0 saturated carbocycles. The molecule has 1 aromatic rings. The lowest BCUT2D eigenvalue weighted by Crippen LogP contribution is -2.45. The third-order valence-corrected chi connectivity index (χ3v) is 3.97. The predicted molar refractivity (Wildman–Crippen MR) is 78.7 cm³/mol. The molecule has 5 heteroatoms. The number of amides is 2. The molecule has 2 amide bonds. The molecule has 0 radical (unpaired) electrons. The Bertz CT molecular complexity index is 479. The van der Waals surface area contributed by atoms with Crippen LogP contribution in [-0.4, -0.2) is 29.8 Å². The molecule has 0 aliphatic carbocycles. The molecule has 1 saturated heterocycles. The van der Waals surface area contributed by atoms with Crippen molar-refractivity contribution in [2.75, 3.05) is 13.1 Å². The maximum absolute atomic E-state index is 12.0. The highest BCUT2D eigenvalue weighted by molar-refractivity contribution is 6.30. The monoisotopic (exact) mass is 294 g/mol. The Morgan fingerprint density at radius 1 is 1.25 bits per heavy atom. The summed E-state index contributed by atoms with van der Waals surface area (Å²) in [4.78, 5) is 25.1.